The fraction of sp³-hybridized carbons (Fsp3) is 0.316. The minimum absolute atomic E-state index is 0.188. The summed E-state index contributed by atoms with van der Waals surface area (Å²) >= 11 is 0. The summed E-state index contributed by atoms with van der Waals surface area (Å²) in [6.07, 6.45) is -0.768. The van der Waals surface area contributed by atoms with Gasteiger partial charge in [0.15, 0.2) is 0 Å². The first-order valence-electron chi connectivity index (χ1n) is 8.27. The monoisotopic (exact) mass is 348 g/mol. The maximum absolute atomic E-state index is 12.6. The number of alkyl halides is 3. The summed E-state index contributed by atoms with van der Waals surface area (Å²) in [5.41, 5.74) is 1.15. The molecule has 2 aromatic rings. The summed E-state index contributed by atoms with van der Waals surface area (Å²) in [6, 6.07) is 11.7. The molecule has 1 heterocycles. The maximum Gasteiger partial charge on any atom is 0.416 e. The Morgan fingerprint density at radius 1 is 0.880 bits per heavy atom. The second kappa shape index (κ2) is 7.17. The Balaban J connectivity index is 1.64. The van der Waals surface area contributed by atoms with Gasteiger partial charge in [-0.15, -0.1) is 0 Å². The van der Waals surface area contributed by atoms with Crippen LogP contribution in [0.25, 0.3) is 0 Å². The van der Waals surface area contributed by atoms with Crippen molar-refractivity contribution in [3.8, 4) is 0 Å². The number of anilines is 2. The van der Waals surface area contributed by atoms with Crippen LogP contribution in [0.3, 0.4) is 0 Å². The molecule has 2 aromatic carbocycles. The molecule has 3 nitrogen and oxygen atoms in total. The van der Waals surface area contributed by atoms with E-state index in [0.29, 0.717) is 5.69 Å². The largest absolute Gasteiger partial charge is 0.416 e. The molecule has 0 atom stereocenters. The van der Waals surface area contributed by atoms with Gasteiger partial charge < -0.3 is 10.2 Å². The zero-order chi connectivity index (χ0) is 17.9. The Labute approximate surface area is 144 Å². The van der Waals surface area contributed by atoms with Crippen LogP contribution < -0.4 is 10.2 Å². The molecule has 6 heteroatoms. The molecule has 0 spiro atoms. The van der Waals surface area contributed by atoms with Crippen molar-refractivity contribution in [1.82, 2.24) is 0 Å². The van der Waals surface area contributed by atoms with Crippen LogP contribution in [0.1, 0.15) is 35.2 Å². The smallest absolute Gasteiger partial charge is 0.372 e. The highest BCUT2D eigenvalue weighted by Gasteiger charge is 2.30. The summed E-state index contributed by atoms with van der Waals surface area (Å²) in [6.45, 7) is 2.08. The lowest BCUT2D eigenvalue weighted by Gasteiger charge is -2.28. The van der Waals surface area contributed by atoms with E-state index in [1.165, 1.54) is 31.4 Å². The minimum atomic E-state index is -4.40. The number of piperidine rings is 1. The molecule has 1 fully saturated rings. The summed E-state index contributed by atoms with van der Waals surface area (Å²) in [4.78, 5) is 14.5. The lowest BCUT2D eigenvalue weighted by molar-refractivity contribution is -0.137. The van der Waals surface area contributed by atoms with E-state index in [2.05, 4.69) is 10.2 Å². The van der Waals surface area contributed by atoms with Gasteiger partial charge in [-0.2, -0.15) is 13.2 Å². The molecule has 0 saturated carbocycles. The second-order valence-corrected chi connectivity index (χ2v) is 6.12. The van der Waals surface area contributed by atoms with Crippen molar-refractivity contribution < 1.29 is 18.0 Å². The van der Waals surface area contributed by atoms with E-state index < -0.39 is 17.6 Å². The minimum Gasteiger partial charge on any atom is -0.372 e. The Kier molecular flexibility index (Phi) is 4.97. The second-order valence-electron chi connectivity index (χ2n) is 6.12. The van der Waals surface area contributed by atoms with Gasteiger partial charge in [0, 0.05) is 30.0 Å². The molecule has 3 rings (SSSR count). The fourth-order valence-corrected chi connectivity index (χ4v) is 2.92. The highest BCUT2D eigenvalue weighted by Crippen LogP contribution is 2.29. The van der Waals surface area contributed by atoms with Crippen LogP contribution in [0.2, 0.25) is 0 Å². The number of carbonyl (C=O) groups excluding carboxylic acids is 1. The molecule has 1 saturated heterocycles. The van der Waals surface area contributed by atoms with Gasteiger partial charge in [-0.1, -0.05) is 0 Å². The quantitative estimate of drug-likeness (QED) is 0.851. The van der Waals surface area contributed by atoms with Gasteiger partial charge in [0.2, 0.25) is 0 Å². The average molecular weight is 348 g/mol. The van der Waals surface area contributed by atoms with Crippen molar-refractivity contribution in [3.63, 3.8) is 0 Å². The molecule has 0 unspecified atom stereocenters. The highest BCUT2D eigenvalue weighted by atomic mass is 19.4. The number of hydrogen-bond donors (Lipinski definition) is 1. The third-order valence-corrected chi connectivity index (χ3v) is 4.32. The lowest BCUT2D eigenvalue weighted by Crippen LogP contribution is -2.29. The molecule has 1 aliphatic rings. The molecular formula is C19H19F3N2O. The van der Waals surface area contributed by atoms with Gasteiger partial charge in [-0.25, -0.2) is 0 Å². The number of nitrogens with one attached hydrogen (secondary N) is 1. The number of nitrogens with zero attached hydrogens (tertiary/aromatic N) is 1. The molecule has 1 aliphatic heterocycles. The van der Waals surface area contributed by atoms with E-state index in [9.17, 15) is 18.0 Å². The summed E-state index contributed by atoms with van der Waals surface area (Å²) in [5, 5.41) is 2.71. The van der Waals surface area contributed by atoms with Crippen LogP contribution in [-0.2, 0) is 6.18 Å². The highest BCUT2D eigenvalue weighted by molar-refractivity contribution is 6.04. The van der Waals surface area contributed by atoms with Crippen molar-refractivity contribution >= 4 is 17.3 Å². The van der Waals surface area contributed by atoms with Crippen molar-refractivity contribution in [2.24, 2.45) is 0 Å². The van der Waals surface area contributed by atoms with Crippen molar-refractivity contribution in [1.29, 1.82) is 0 Å². The van der Waals surface area contributed by atoms with Crippen LogP contribution >= 0.6 is 0 Å². The van der Waals surface area contributed by atoms with Crippen LogP contribution in [0.5, 0.6) is 0 Å². The first-order chi connectivity index (χ1) is 11.9. The van der Waals surface area contributed by atoms with E-state index in [4.69, 9.17) is 0 Å². The number of rotatable bonds is 3. The predicted molar refractivity (Wildman–Crippen MR) is 91.9 cm³/mol. The zero-order valence-electron chi connectivity index (χ0n) is 13.6. The lowest BCUT2D eigenvalue weighted by atomic mass is 10.1. The summed E-state index contributed by atoms with van der Waals surface area (Å²) < 4.78 is 37.7. The molecule has 1 N–H and O–H groups in total. The zero-order valence-corrected chi connectivity index (χ0v) is 13.6. The van der Waals surface area contributed by atoms with E-state index in [0.717, 1.165) is 30.9 Å². The molecule has 0 aromatic heterocycles. The Hall–Kier alpha value is -2.50. The summed E-state index contributed by atoms with van der Waals surface area (Å²) in [7, 11) is 0. The van der Waals surface area contributed by atoms with Crippen LogP contribution in [0, 0.1) is 0 Å². The number of carbonyl (C=O) groups is 1. The van der Waals surface area contributed by atoms with Crippen molar-refractivity contribution in [2.75, 3.05) is 23.3 Å². The predicted octanol–water partition coefficient (Wildman–Crippen LogP) is 4.95. The number of hydrogen-bond acceptors (Lipinski definition) is 2. The Bertz CT molecular complexity index is 718. The topological polar surface area (TPSA) is 32.3 Å². The number of halogens is 3. The molecule has 25 heavy (non-hydrogen) atoms. The fourth-order valence-electron chi connectivity index (χ4n) is 2.92. The van der Waals surface area contributed by atoms with Gasteiger partial charge in [-0.05, 0) is 67.8 Å². The van der Waals surface area contributed by atoms with Gasteiger partial charge in [0.1, 0.15) is 0 Å². The molecule has 1 amide bonds. The van der Waals surface area contributed by atoms with Crippen molar-refractivity contribution in [2.45, 2.75) is 25.4 Å². The van der Waals surface area contributed by atoms with Crippen LogP contribution in [-0.4, -0.2) is 19.0 Å². The van der Waals surface area contributed by atoms with Gasteiger partial charge in [-0.3, -0.25) is 4.79 Å². The van der Waals surface area contributed by atoms with Gasteiger partial charge in [0.05, 0.1) is 5.56 Å². The molecule has 132 valence electrons. The molecular weight excluding hydrogens is 329 g/mol. The number of amides is 1. The molecule has 0 bridgehead atoms. The average Bonchev–Trinajstić information content (AvgIpc) is 2.62. The Morgan fingerprint density at radius 3 is 2.04 bits per heavy atom. The van der Waals surface area contributed by atoms with Gasteiger partial charge in [0.25, 0.3) is 5.91 Å². The standard InChI is InChI=1S/C19H19F3N2O/c20-19(21,22)15-6-4-14(5-7-15)18(25)23-16-8-10-17(11-9-16)24-12-2-1-3-13-24/h4-11H,1-3,12-13H2,(H,23,25). The third kappa shape index (κ3) is 4.32. The van der Waals surface area contributed by atoms with E-state index >= 15 is 0 Å². The third-order valence-electron chi connectivity index (χ3n) is 4.32. The first kappa shape index (κ1) is 17.3. The first-order valence-corrected chi connectivity index (χ1v) is 8.27. The summed E-state index contributed by atoms with van der Waals surface area (Å²) in [5.74, 6) is -0.431. The van der Waals surface area contributed by atoms with Crippen LogP contribution in [0.4, 0.5) is 24.5 Å². The van der Waals surface area contributed by atoms with E-state index in [1.54, 1.807) is 0 Å². The van der Waals surface area contributed by atoms with Crippen LogP contribution in [0.15, 0.2) is 48.5 Å². The molecule has 0 aliphatic carbocycles. The molecule has 0 radical (unpaired) electrons. The van der Waals surface area contributed by atoms with E-state index in [1.807, 2.05) is 24.3 Å². The maximum atomic E-state index is 12.6. The van der Waals surface area contributed by atoms with Crippen molar-refractivity contribution in [3.05, 3.63) is 59.7 Å². The Morgan fingerprint density at radius 2 is 1.48 bits per heavy atom. The van der Waals surface area contributed by atoms with Gasteiger partial charge >= 0.3 is 6.18 Å². The SMILES string of the molecule is O=C(Nc1ccc(N2CCCCC2)cc1)c1ccc(C(F)(F)F)cc1. The normalized spacial score (nSPS) is 15.1. The number of benzene rings is 2. The van der Waals surface area contributed by atoms with E-state index in [-0.39, 0.29) is 5.56 Å².